The average molecular weight is 419 g/mol. The molecule has 1 N–H and O–H groups in total. The van der Waals surface area contributed by atoms with Gasteiger partial charge in [-0.2, -0.15) is 0 Å². The number of nitrogens with zero attached hydrogens (tertiary/aromatic N) is 1. The molecule has 28 heavy (non-hydrogen) atoms. The number of sulfone groups is 1. The molecule has 0 saturated heterocycles. The van der Waals surface area contributed by atoms with E-state index in [-0.39, 0.29) is 23.8 Å². The van der Waals surface area contributed by atoms with Crippen LogP contribution in [-0.4, -0.2) is 57.9 Å². The van der Waals surface area contributed by atoms with Gasteiger partial charge in [-0.1, -0.05) is 77.6 Å². The highest BCUT2D eigenvalue weighted by Crippen LogP contribution is 2.12. The Morgan fingerprint density at radius 2 is 1.25 bits per heavy atom. The Kier molecular flexibility index (Phi) is 18.0. The maximum absolute atomic E-state index is 12.0. The van der Waals surface area contributed by atoms with Crippen molar-refractivity contribution in [3.63, 3.8) is 0 Å². The molecule has 0 saturated carbocycles. The minimum Gasteiger partial charge on any atom is -0.356 e. The number of rotatable bonds is 20. The van der Waals surface area contributed by atoms with Gasteiger partial charge in [0.05, 0.1) is 11.5 Å². The zero-order valence-corrected chi connectivity index (χ0v) is 19.6. The van der Waals surface area contributed by atoms with Crippen molar-refractivity contribution in [2.75, 3.05) is 38.7 Å². The van der Waals surface area contributed by atoms with Crippen molar-refractivity contribution < 1.29 is 13.2 Å². The van der Waals surface area contributed by atoms with Crippen molar-refractivity contribution in [2.45, 2.75) is 96.8 Å². The van der Waals surface area contributed by atoms with Gasteiger partial charge < -0.3 is 10.2 Å². The van der Waals surface area contributed by atoms with Crippen LogP contribution in [0, 0.1) is 0 Å². The molecule has 0 aromatic rings. The van der Waals surface area contributed by atoms with E-state index in [2.05, 4.69) is 17.1 Å². The molecule has 0 bridgehead atoms. The largest absolute Gasteiger partial charge is 0.356 e. The van der Waals surface area contributed by atoms with Crippen molar-refractivity contribution in [2.24, 2.45) is 0 Å². The number of amides is 1. The van der Waals surface area contributed by atoms with E-state index in [1.54, 1.807) is 0 Å². The van der Waals surface area contributed by atoms with Gasteiger partial charge >= 0.3 is 0 Å². The van der Waals surface area contributed by atoms with Crippen LogP contribution in [0.15, 0.2) is 0 Å². The molecule has 0 aromatic carbocycles. The van der Waals surface area contributed by atoms with Gasteiger partial charge in [-0.05, 0) is 33.5 Å². The zero-order chi connectivity index (χ0) is 21.1. The molecule has 0 aliphatic rings. The van der Waals surface area contributed by atoms with Crippen molar-refractivity contribution >= 4 is 15.7 Å². The topological polar surface area (TPSA) is 66.5 Å². The number of carbonyl (C=O) groups is 1. The summed E-state index contributed by atoms with van der Waals surface area (Å²) in [4.78, 5) is 13.8. The van der Waals surface area contributed by atoms with Crippen LogP contribution in [-0.2, 0) is 14.6 Å². The smallest absolute Gasteiger partial charge is 0.221 e. The molecule has 0 fully saturated rings. The minimum absolute atomic E-state index is 0.0233. The lowest BCUT2D eigenvalue weighted by Crippen LogP contribution is -2.28. The standard InChI is InChI=1S/C22H46N2O3S/c1-4-5-6-7-8-9-10-11-12-13-14-15-20-28(26,27)21-17-22(25)23-18-16-19-24(2)3/h4-21H2,1-3H3,(H,23,25). The molecule has 0 spiro atoms. The lowest BCUT2D eigenvalue weighted by atomic mass is 10.1. The van der Waals surface area contributed by atoms with Crippen LogP contribution < -0.4 is 5.32 Å². The molecule has 6 heteroatoms. The maximum Gasteiger partial charge on any atom is 0.221 e. The normalized spacial score (nSPS) is 11.9. The predicted octanol–water partition coefficient (Wildman–Crippen LogP) is 4.56. The second-order valence-electron chi connectivity index (χ2n) is 8.30. The lowest BCUT2D eigenvalue weighted by molar-refractivity contribution is -0.120. The molecule has 1 amide bonds. The van der Waals surface area contributed by atoms with Gasteiger partial charge in [0.1, 0.15) is 0 Å². The lowest BCUT2D eigenvalue weighted by Gasteiger charge is -2.10. The zero-order valence-electron chi connectivity index (χ0n) is 18.8. The van der Waals surface area contributed by atoms with Gasteiger partial charge in [-0.3, -0.25) is 4.79 Å². The van der Waals surface area contributed by atoms with Crippen LogP contribution in [0.5, 0.6) is 0 Å². The molecular formula is C22H46N2O3S. The minimum atomic E-state index is -3.10. The summed E-state index contributed by atoms with van der Waals surface area (Å²) in [7, 11) is 0.878. The number of carbonyl (C=O) groups excluding carboxylic acids is 1. The van der Waals surface area contributed by atoms with Crippen LogP contribution in [0.4, 0.5) is 0 Å². The van der Waals surface area contributed by atoms with Crippen molar-refractivity contribution in [3.05, 3.63) is 0 Å². The first-order valence-electron chi connectivity index (χ1n) is 11.5. The summed E-state index contributed by atoms with van der Waals surface area (Å²) in [5, 5.41) is 2.80. The van der Waals surface area contributed by atoms with Gasteiger partial charge in [-0.15, -0.1) is 0 Å². The number of nitrogens with one attached hydrogen (secondary N) is 1. The highest BCUT2D eigenvalue weighted by molar-refractivity contribution is 7.91. The summed E-state index contributed by atoms with van der Waals surface area (Å²) in [6.45, 7) is 3.77. The summed E-state index contributed by atoms with van der Waals surface area (Å²) in [5.74, 6) is 0.0418. The summed E-state index contributed by atoms with van der Waals surface area (Å²) >= 11 is 0. The third-order valence-electron chi connectivity index (χ3n) is 5.05. The fourth-order valence-electron chi connectivity index (χ4n) is 3.22. The molecule has 168 valence electrons. The first-order chi connectivity index (χ1) is 13.4. The Bertz CT molecular complexity index is 464. The monoisotopic (exact) mass is 418 g/mol. The Morgan fingerprint density at radius 3 is 1.75 bits per heavy atom. The molecule has 0 aromatic heterocycles. The first kappa shape index (κ1) is 27.4. The third kappa shape index (κ3) is 20.1. The highest BCUT2D eigenvalue weighted by atomic mass is 32.2. The van der Waals surface area contributed by atoms with E-state index >= 15 is 0 Å². The van der Waals surface area contributed by atoms with E-state index < -0.39 is 9.84 Å². The van der Waals surface area contributed by atoms with Gasteiger partial charge in [-0.25, -0.2) is 8.42 Å². The van der Waals surface area contributed by atoms with E-state index in [0.29, 0.717) is 6.54 Å². The third-order valence-corrected chi connectivity index (χ3v) is 6.79. The van der Waals surface area contributed by atoms with E-state index in [0.717, 1.165) is 32.2 Å². The second kappa shape index (κ2) is 18.4. The van der Waals surface area contributed by atoms with Crippen molar-refractivity contribution in [1.82, 2.24) is 10.2 Å². The van der Waals surface area contributed by atoms with Crippen LogP contribution in [0.1, 0.15) is 96.8 Å². The summed E-state index contributed by atoms with van der Waals surface area (Å²) in [6.07, 6.45) is 15.7. The number of hydrogen-bond donors (Lipinski definition) is 1. The van der Waals surface area contributed by atoms with Gasteiger partial charge in [0, 0.05) is 13.0 Å². The molecule has 0 unspecified atom stereocenters. The molecule has 0 aliphatic carbocycles. The van der Waals surface area contributed by atoms with Gasteiger partial charge in [0.25, 0.3) is 0 Å². The second-order valence-corrected chi connectivity index (χ2v) is 10.6. The van der Waals surface area contributed by atoms with Crippen LogP contribution in [0.3, 0.4) is 0 Å². The molecule has 0 radical (unpaired) electrons. The Labute approximate surface area is 174 Å². The van der Waals surface area contributed by atoms with Gasteiger partial charge in [0.15, 0.2) is 9.84 Å². The van der Waals surface area contributed by atoms with E-state index in [1.807, 2.05) is 14.1 Å². The SMILES string of the molecule is CCCCCCCCCCCCCCS(=O)(=O)CCC(=O)NCCCN(C)C. The number of hydrogen-bond acceptors (Lipinski definition) is 4. The van der Waals surface area contributed by atoms with Crippen LogP contribution in [0.25, 0.3) is 0 Å². The molecule has 5 nitrogen and oxygen atoms in total. The van der Waals surface area contributed by atoms with Gasteiger partial charge in [0.2, 0.25) is 5.91 Å². The molecule has 0 aliphatic heterocycles. The van der Waals surface area contributed by atoms with E-state index in [1.165, 1.54) is 57.8 Å². The van der Waals surface area contributed by atoms with Crippen LogP contribution >= 0.6 is 0 Å². The molecular weight excluding hydrogens is 372 g/mol. The predicted molar refractivity (Wildman–Crippen MR) is 121 cm³/mol. The summed E-state index contributed by atoms with van der Waals surface area (Å²) in [5.41, 5.74) is 0. The van der Waals surface area contributed by atoms with Crippen LogP contribution in [0.2, 0.25) is 0 Å². The maximum atomic E-state index is 12.0. The Morgan fingerprint density at radius 1 is 0.750 bits per heavy atom. The summed E-state index contributed by atoms with van der Waals surface area (Å²) < 4.78 is 24.1. The summed E-state index contributed by atoms with van der Waals surface area (Å²) in [6, 6.07) is 0. The Balaban J connectivity index is 3.51. The fraction of sp³-hybridized carbons (Fsp3) is 0.955. The molecule has 0 heterocycles. The number of unbranched alkanes of at least 4 members (excludes halogenated alkanes) is 11. The van der Waals surface area contributed by atoms with E-state index in [9.17, 15) is 13.2 Å². The fourth-order valence-corrected chi connectivity index (χ4v) is 4.57. The quantitative estimate of drug-likeness (QED) is 0.294. The molecule has 0 rings (SSSR count). The van der Waals surface area contributed by atoms with E-state index in [4.69, 9.17) is 0 Å². The van der Waals surface area contributed by atoms with Crippen molar-refractivity contribution in [3.8, 4) is 0 Å². The highest BCUT2D eigenvalue weighted by Gasteiger charge is 2.13. The molecule has 0 atom stereocenters. The average Bonchev–Trinajstić information content (AvgIpc) is 2.64. The van der Waals surface area contributed by atoms with Crippen molar-refractivity contribution in [1.29, 1.82) is 0 Å². The Hall–Kier alpha value is -0.620. The first-order valence-corrected chi connectivity index (χ1v) is 13.3.